The molecule has 4 rings (SSSR count). The van der Waals surface area contributed by atoms with Crippen LogP contribution in [-0.2, 0) is 22.6 Å². The first-order valence-corrected chi connectivity index (χ1v) is 10.8. The second kappa shape index (κ2) is 9.89. The predicted molar refractivity (Wildman–Crippen MR) is 118 cm³/mol. The van der Waals surface area contributed by atoms with Crippen LogP contribution in [0, 0.1) is 0 Å². The number of anilines is 1. The Bertz CT molecular complexity index is 975. The van der Waals surface area contributed by atoms with Gasteiger partial charge in [0.1, 0.15) is 5.82 Å². The first kappa shape index (κ1) is 21.3. The molecule has 1 atom stereocenters. The van der Waals surface area contributed by atoms with E-state index in [1.807, 2.05) is 52.0 Å². The maximum Gasteiger partial charge on any atom is 0.259 e. The zero-order valence-corrected chi connectivity index (χ0v) is 18.1. The minimum absolute atomic E-state index is 0.194. The Morgan fingerprint density at radius 2 is 1.97 bits per heavy atom. The third-order valence-corrected chi connectivity index (χ3v) is 5.82. The summed E-state index contributed by atoms with van der Waals surface area (Å²) in [6.45, 7) is 5.88. The number of carbonyl (C=O) groups is 1. The average Bonchev–Trinajstić information content (AvgIpc) is 3.45. The van der Waals surface area contributed by atoms with Crippen LogP contribution in [-0.4, -0.2) is 50.6 Å². The molecule has 0 aliphatic carbocycles. The van der Waals surface area contributed by atoms with E-state index in [-0.39, 0.29) is 11.9 Å². The molecule has 8 heteroatoms. The van der Waals surface area contributed by atoms with Crippen LogP contribution in [0.4, 0.5) is 5.82 Å². The summed E-state index contributed by atoms with van der Waals surface area (Å²) in [4.78, 5) is 15.3. The normalized spacial score (nSPS) is 16.3. The molecule has 3 heterocycles. The Labute approximate surface area is 182 Å². The lowest BCUT2D eigenvalue weighted by Crippen LogP contribution is -2.35. The third kappa shape index (κ3) is 5.03. The van der Waals surface area contributed by atoms with Gasteiger partial charge in [0.15, 0.2) is 6.10 Å². The number of methoxy groups -OCH3 is 1. The number of hydrogen-bond acceptors (Lipinski definition) is 5. The second-order valence-electron chi connectivity index (χ2n) is 7.89. The Morgan fingerprint density at radius 3 is 2.65 bits per heavy atom. The number of likely N-dealkylation sites (tertiary alicyclic amines) is 1. The summed E-state index contributed by atoms with van der Waals surface area (Å²) in [5.41, 5.74) is 2.08. The highest BCUT2D eigenvalue weighted by Gasteiger charge is 2.25. The first-order valence-electron chi connectivity index (χ1n) is 10.8. The largest absolute Gasteiger partial charge is 0.367 e. The van der Waals surface area contributed by atoms with Crippen molar-refractivity contribution in [3.05, 3.63) is 66.1 Å². The maximum absolute atomic E-state index is 12.9. The fraction of sp³-hybridized carbons (Fsp3) is 0.435. The van der Waals surface area contributed by atoms with E-state index in [1.165, 1.54) is 5.56 Å². The van der Waals surface area contributed by atoms with Gasteiger partial charge in [-0.15, -0.1) is 0 Å². The Kier molecular flexibility index (Phi) is 6.79. The van der Waals surface area contributed by atoms with Gasteiger partial charge in [-0.25, -0.2) is 4.68 Å². The zero-order chi connectivity index (χ0) is 21.6. The van der Waals surface area contributed by atoms with E-state index < -0.39 is 6.10 Å². The Balaban J connectivity index is 1.36. The van der Waals surface area contributed by atoms with E-state index in [1.54, 1.807) is 13.3 Å². The van der Waals surface area contributed by atoms with Gasteiger partial charge in [0, 0.05) is 51.1 Å². The number of nitrogens with zero attached hydrogens (tertiary/aromatic N) is 5. The number of nitrogens with one attached hydrogen (secondary N) is 1. The molecule has 1 unspecified atom stereocenters. The van der Waals surface area contributed by atoms with E-state index in [0.29, 0.717) is 5.82 Å². The van der Waals surface area contributed by atoms with Crippen molar-refractivity contribution in [2.45, 2.75) is 45.0 Å². The molecule has 1 aliphatic heterocycles. The van der Waals surface area contributed by atoms with Crippen molar-refractivity contribution in [2.75, 3.05) is 25.5 Å². The molecule has 1 N–H and O–H groups in total. The highest BCUT2D eigenvalue weighted by atomic mass is 16.5. The first-order chi connectivity index (χ1) is 15.2. The molecule has 0 saturated carbocycles. The molecule has 8 nitrogen and oxygen atoms in total. The fourth-order valence-corrected chi connectivity index (χ4v) is 4.16. The second-order valence-corrected chi connectivity index (χ2v) is 7.89. The van der Waals surface area contributed by atoms with Crippen LogP contribution < -0.4 is 5.32 Å². The summed E-state index contributed by atoms with van der Waals surface area (Å²) in [6, 6.07) is 11.6. The van der Waals surface area contributed by atoms with E-state index in [9.17, 15) is 4.79 Å². The minimum Gasteiger partial charge on any atom is -0.367 e. The highest BCUT2D eigenvalue weighted by molar-refractivity contribution is 5.94. The molecule has 0 spiro atoms. The van der Waals surface area contributed by atoms with Crippen LogP contribution in [0.15, 0.2) is 55.0 Å². The molecule has 1 saturated heterocycles. The average molecular weight is 423 g/mol. The third-order valence-electron chi connectivity index (χ3n) is 5.82. The topological polar surface area (TPSA) is 77.2 Å². The van der Waals surface area contributed by atoms with Gasteiger partial charge in [-0.1, -0.05) is 30.3 Å². The highest BCUT2D eigenvalue weighted by Crippen LogP contribution is 2.27. The lowest BCUT2D eigenvalue weighted by Gasteiger charge is -2.32. The molecule has 164 valence electrons. The monoisotopic (exact) mass is 422 g/mol. The molecule has 1 amide bonds. The van der Waals surface area contributed by atoms with E-state index >= 15 is 0 Å². The fourth-order valence-electron chi connectivity index (χ4n) is 4.16. The van der Waals surface area contributed by atoms with Gasteiger partial charge in [-0.05, 0) is 25.3 Å². The number of ether oxygens (including phenoxy) is 1. The molecule has 31 heavy (non-hydrogen) atoms. The van der Waals surface area contributed by atoms with Gasteiger partial charge >= 0.3 is 0 Å². The number of hydrogen-bond donors (Lipinski definition) is 1. The Morgan fingerprint density at radius 1 is 1.19 bits per heavy atom. The SMILES string of the molecule is CCn1cc(CN2CCC(n3nccc3NC(=O)C(OC)c3ccccc3)CC2)cn1. The Hall–Kier alpha value is -2.97. The maximum atomic E-state index is 12.9. The summed E-state index contributed by atoms with van der Waals surface area (Å²) >= 11 is 0. The number of benzene rings is 1. The minimum atomic E-state index is -0.657. The van der Waals surface area contributed by atoms with Crippen LogP contribution in [0.1, 0.15) is 43.0 Å². The van der Waals surface area contributed by atoms with Crippen LogP contribution in [0.5, 0.6) is 0 Å². The zero-order valence-electron chi connectivity index (χ0n) is 18.1. The van der Waals surface area contributed by atoms with Crippen LogP contribution in [0.25, 0.3) is 0 Å². The van der Waals surface area contributed by atoms with Crippen molar-refractivity contribution >= 4 is 11.7 Å². The quantitative estimate of drug-likeness (QED) is 0.603. The summed E-state index contributed by atoms with van der Waals surface area (Å²) in [7, 11) is 1.55. The van der Waals surface area contributed by atoms with Crippen LogP contribution >= 0.6 is 0 Å². The lowest BCUT2D eigenvalue weighted by molar-refractivity contribution is -0.126. The van der Waals surface area contributed by atoms with Gasteiger partial charge in [0.2, 0.25) is 0 Å². The van der Waals surface area contributed by atoms with Crippen molar-refractivity contribution in [3.8, 4) is 0 Å². The number of aromatic nitrogens is 4. The molecule has 1 aromatic carbocycles. The van der Waals surface area contributed by atoms with Crippen LogP contribution in [0.3, 0.4) is 0 Å². The van der Waals surface area contributed by atoms with Gasteiger partial charge in [-0.3, -0.25) is 14.4 Å². The van der Waals surface area contributed by atoms with Gasteiger partial charge in [0.25, 0.3) is 5.91 Å². The molecular formula is C23H30N6O2. The summed E-state index contributed by atoms with van der Waals surface area (Å²) in [5.74, 6) is 0.520. The number of carbonyl (C=O) groups excluding carboxylic acids is 1. The molecule has 1 aliphatic rings. The summed E-state index contributed by atoms with van der Waals surface area (Å²) in [5, 5.41) is 11.9. The predicted octanol–water partition coefficient (Wildman–Crippen LogP) is 3.26. The van der Waals surface area contributed by atoms with Gasteiger partial charge in [0.05, 0.1) is 18.4 Å². The standard InChI is InChI=1S/C23H30N6O2/c1-3-28-17-18(15-25-28)16-27-13-10-20(11-14-27)29-21(9-12-24-29)26-23(30)22(31-2)19-7-5-4-6-8-19/h4-9,12,15,17,20,22H,3,10-11,13-14,16H2,1-2H3,(H,26,30). The van der Waals surface area contributed by atoms with Crippen molar-refractivity contribution in [1.29, 1.82) is 0 Å². The summed E-state index contributed by atoms with van der Waals surface area (Å²) in [6.07, 6.45) is 7.13. The summed E-state index contributed by atoms with van der Waals surface area (Å²) < 4.78 is 9.37. The number of aryl methyl sites for hydroxylation is 1. The number of piperidine rings is 1. The van der Waals surface area contributed by atoms with E-state index in [2.05, 4.69) is 33.5 Å². The van der Waals surface area contributed by atoms with E-state index in [4.69, 9.17) is 4.74 Å². The molecule has 3 aromatic rings. The lowest BCUT2D eigenvalue weighted by atomic mass is 10.0. The van der Waals surface area contributed by atoms with Crippen molar-refractivity contribution in [1.82, 2.24) is 24.5 Å². The molecule has 0 bridgehead atoms. The van der Waals surface area contributed by atoms with Crippen molar-refractivity contribution in [3.63, 3.8) is 0 Å². The van der Waals surface area contributed by atoms with Gasteiger partial charge in [-0.2, -0.15) is 10.2 Å². The van der Waals surface area contributed by atoms with Crippen molar-refractivity contribution < 1.29 is 9.53 Å². The van der Waals surface area contributed by atoms with E-state index in [0.717, 1.165) is 44.6 Å². The van der Waals surface area contributed by atoms with Gasteiger partial charge < -0.3 is 10.1 Å². The molecule has 0 radical (unpaired) electrons. The number of amides is 1. The smallest absolute Gasteiger partial charge is 0.259 e. The van der Waals surface area contributed by atoms with Crippen molar-refractivity contribution in [2.24, 2.45) is 0 Å². The number of rotatable bonds is 8. The molecule has 2 aromatic heterocycles. The molecular weight excluding hydrogens is 392 g/mol. The molecule has 1 fully saturated rings. The van der Waals surface area contributed by atoms with Crippen LogP contribution in [0.2, 0.25) is 0 Å².